The Hall–Kier alpha value is -0.830. The van der Waals surface area contributed by atoms with E-state index in [9.17, 15) is 0 Å². The highest BCUT2D eigenvalue weighted by molar-refractivity contribution is 5.19. The molecule has 0 aliphatic heterocycles. The van der Waals surface area contributed by atoms with Gasteiger partial charge in [-0.25, -0.2) is 0 Å². The quantitative estimate of drug-likeness (QED) is 0.678. The summed E-state index contributed by atoms with van der Waals surface area (Å²) in [5.74, 6) is 0. The van der Waals surface area contributed by atoms with Gasteiger partial charge in [0.1, 0.15) is 0 Å². The molecule has 0 aliphatic carbocycles. The highest BCUT2D eigenvalue weighted by Crippen LogP contribution is 2.22. The second-order valence-corrected chi connectivity index (χ2v) is 5.20. The summed E-state index contributed by atoms with van der Waals surface area (Å²) in [7, 11) is 2.00. The lowest BCUT2D eigenvalue weighted by atomic mass is 10.0. The lowest BCUT2D eigenvalue weighted by Gasteiger charge is -2.18. The Bertz CT molecular complexity index is 330. The minimum absolute atomic E-state index is 0.482. The molecule has 0 spiro atoms. The number of unbranched alkanes of at least 4 members (excludes halogenated alkanes) is 3. The number of hydrogen-bond acceptors (Lipinski definition) is 2. The first-order valence-corrected chi connectivity index (χ1v) is 7.42. The fourth-order valence-corrected chi connectivity index (χ4v) is 2.42. The van der Waals surface area contributed by atoms with Crippen LogP contribution in [0.2, 0.25) is 0 Å². The molecule has 1 rings (SSSR count). The summed E-state index contributed by atoms with van der Waals surface area (Å²) in [6.45, 7) is 7.68. The molecule has 1 aromatic rings. The van der Waals surface area contributed by atoms with Gasteiger partial charge in [0.2, 0.25) is 0 Å². The van der Waals surface area contributed by atoms with E-state index in [-0.39, 0.29) is 0 Å². The van der Waals surface area contributed by atoms with Crippen molar-refractivity contribution in [1.29, 1.82) is 0 Å². The SMILES string of the molecule is CCCCCCC(NCCC)c1cn(C)nc1C. The van der Waals surface area contributed by atoms with Gasteiger partial charge in [-0.3, -0.25) is 4.68 Å². The third-order valence-corrected chi connectivity index (χ3v) is 3.41. The molecule has 1 atom stereocenters. The third kappa shape index (κ3) is 4.81. The number of nitrogens with one attached hydrogen (secondary N) is 1. The number of nitrogens with zero attached hydrogens (tertiary/aromatic N) is 2. The maximum atomic E-state index is 4.46. The molecule has 0 radical (unpaired) electrons. The molecule has 0 amide bonds. The van der Waals surface area contributed by atoms with Gasteiger partial charge in [0.15, 0.2) is 0 Å². The van der Waals surface area contributed by atoms with Crippen LogP contribution in [0, 0.1) is 6.92 Å². The van der Waals surface area contributed by atoms with Gasteiger partial charge in [-0.05, 0) is 26.3 Å². The second kappa shape index (κ2) is 8.30. The van der Waals surface area contributed by atoms with Crippen LogP contribution in [-0.4, -0.2) is 16.3 Å². The molecule has 104 valence electrons. The normalized spacial score (nSPS) is 12.9. The van der Waals surface area contributed by atoms with Crippen molar-refractivity contribution in [3.63, 3.8) is 0 Å². The van der Waals surface area contributed by atoms with E-state index in [1.807, 2.05) is 11.7 Å². The molecule has 0 aliphatic rings. The third-order valence-electron chi connectivity index (χ3n) is 3.41. The number of rotatable bonds is 9. The largest absolute Gasteiger partial charge is 0.310 e. The molecule has 0 fully saturated rings. The van der Waals surface area contributed by atoms with E-state index < -0.39 is 0 Å². The average Bonchev–Trinajstić information content (AvgIpc) is 2.68. The van der Waals surface area contributed by atoms with Crippen molar-refractivity contribution in [2.75, 3.05) is 6.54 Å². The summed E-state index contributed by atoms with van der Waals surface area (Å²) >= 11 is 0. The van der Waals surface area contributed by atoms with Crippen LogP contribution in [0.25, 0.3) is 0 Å². The summed E-state index contributed by atoms with van der Waals surface area (Å²) in [6.07, 6.45) is 9.90. The molecule has 18 heavy (non-hydrogen) atoms. The van der Waals surface area contributed by atoms with Crippen molar-refractivity contribution in [3.8, 4) is 0 Å². The molecule has 0 saturated carbocycles. The summed E-state index contributed by atoms with van der Waals surface area (Å²) in [6, 6.07) is 0.482. The highest BCUT2D eigenvalue weighted by Gasteiger charge is 2.15. The van der Waals surface area contributed by atoms with Crippen molar-refractivity contribution in [1.82, 2.24) is 15.1 Å². The predicted molar refractivity (Wildman–Crippen MR) is 77.7 cm³/mol. The smallest absolute Gasteiger partial charge is 0.0641 e. The maximum Gasteiger partial charge on any atom is 0.0641 e. The zero-order chi connectivity index (χ0) is 13.4. The molecule has 1 heterocycles. The fourth-order valence-electron chi connectivity index (χ4n) is 2.42. The zero-order valence-electron chi connectivity index (χ0n) is 12.5. The lowest BCUT2D eigenvalue weighted by Crippen LogP contribution is -2.22. The van der Waals surface area contributed by atoms with Crippen molar-refractivity contribution in [2.45, 2.75) is 65.3 Å². The first-order chi connectivity index (χ1) is 8.69. The van der Waals surface area contributed by atoms with Crippen molar-refractivity contribution in [2.24, 2.45) is 7.05 Å². The fraction of sp³-hybridized carbons (Fsp3) is 0.800. The van der Waals surface area contributed by atoms with E-state index in [2.05, 4.69) is 37.4 Å². The van der Waals surface area contributed by atoms with Crippen molar-refractivity contribution in [3.05, 3.63) is 17.5 Å². The summed E-state index contributed by atoms with van der Waals surface area (Å²) in [5, 5.41) is 8.12. The molecule has 1 aromatic heterocycles. The van der Waals surface area contributed by atoms with Crippen molar-refractivity contribution >= 4 is 0 Å². The lowest BCUT2D eigenvalue weighted by molar-refractivity contribution is 0.469. The molecule has 0 aromatic carbocycles. The van der Waals surface area contributed by atoms with E-state index in [0.29, 0.717) is 6.04 Å². The van der Waals surface area contributed by atoms with Crippen molar-refractivity contribution < 1.29 is 0 Å². The van der Waals surface area contributed by atoms with Gasteiger partial charge in [-0.2, -0.15) is 5.10 Å². The Kier molecular flexibility index (Phi) is 7.02. The Balaban J connectivity index is 2.56. The first kappa shape index (κ1) is 15.2. The molecule has 3 nitrogen and oxygen atoms in total. The van der Waals surface area contributed by atoms with Crippen LogP contribution in [-0.2, 0) is 7.05 Å². The van der Waals surface area contributed by atoms with Gasteiger partial charge in [0, 0.05) is 24.8 Å². The van der Waals surface area contributed by atoms with Crippen LogP contribution >= 0.6 is 0 Å². The molecule has 0 saturated heterocycles. The van der Waals surface area contributed by atoms with E-state index in [1.54, 1.807) is 0 Å². The van der Waals surface area contributed by atoms with E-state index in [0.717, 1.165) is 6.54 Å². The summed E-state index contributed by atoms with van der Waals surface area (Å²) in [4.78, 5) is 0. The molecular weight excluding hydrogens is 222 g/mol. The van der Waals surface area contributed by atoms with Gasteiger partial charge in [-0.15, -0.1) is 0 Å². The van der Waals surface area contributed by atoms with Crippen LogP contribution in [0.3, 0.4) is 0 Å². The monoisotopic (exact) mass is 251 g/mol. The number of aromatic nitrogens is 2. The van der Waals surface area contributed by atoms with Crippen LogP contribution < -0.4 is 5.32 Å². The van der Waals surface area contributed by atoms with Crippen LogP contribution in [0.15, 0.2) is 6.20 Å². The Labute approximate surface area is 112 Å². The van der Waals surface area contributed by atoms with Gasteiger partial charge in [0.25, 0.3) is 0 Å². The molecule has 1 unspecified atom stereocenters. The van der Waals surface area contributed by atoms with Crippen LogP contribution in [0.1, 0.15) is 69.7 Å². The Morgan fingerprint density at radius 2 is 2.00 bits per heavy atom. The van der Waals surface area contributed by atoms with E-state index >= 15 is 0 Å². The standard InChI is InChI=1S/C15H29N3/c1-5-7-8-9-10-15(16-11-6-2)14-12-18(4)17-13(14)3/h12,15-16H,5-11H2,1-4H3. The van der Waals surface area contributed by atoms with E-state index in [1.165, 1.54) is 49.8 Å². The topological polar surface area (TPSA) is 29.9 Å². The minimum Gasteiger partial charge on any atom is -0.310 e. The average molecular weight is 251 g/mol. The highest BCUT2D eigenvalue weighted by atomic mass is 15.3. The molecular formula is C15H29N3. The van der Waals surface area contributed by atoms with Crippen LogP contribution in [0.5, 0.6) is 0 Å². The van der Waals surface area contributed by atoms with Crippen LogP contribution in [0.4, 0.5) is 0 Å². The van der Waals surface area contributed by atoms with Gasteiger partial charge >= 0.3 is 0 Å². The molecule has 0 bridgehead atoms. The second-order valence-electron chi connectivity index (χ2n) is 5.20. The van der Waals surface area contributed by atoms with E-state index in [4.69, 9.17) is 0 Å². The zero-order valence-corrected chi connectivity index (χ0v) is 12.5. The Morgan fingerprint density at radius 1 is 1.22 bits per heavy atom. The number of hydrogen-bond donors (Lipinski definition) is 1. The Morgan fingerprint density at radius 3 is 2.56 bits per heavy atom. The van der Waals surface area contributed by atoms with Gasteiger partial charge < -0.3 is 5.32 Å². The molecule has 3 heteroatoms. The summed E-state index contributed by atoms with van der Waals surface area (Å²) < 4.78 is 1.93. The van der Waals surface area contributed by atoms with Gasteiger partial charge in [-0.1, -0.05) is 39.5 Å². The first-order valence-electron chi connectivity index (χ1n) is 7.42. The van der Waals surface area contributed by atoms with Gasteiger partial charge in [0.05, 0.1) is 5.69 Å². The summed E-state index contributed by atoms with van der Waals surface area (Å²) in [5.41, 5.74) is 2.55. The number of aryl methyl sites for hydroxylation is 2. The maximum absolute atomic E-state index is 4.46. The minimum atomic E-state index is 0.482. The predicted octanol–water partition coefficient (Wildman–Crippen LogP) is 3.74. The molecule has 1 N–H and O–H groups in total.